The molecule has 0 aliphatic rings. The van der Waals surface area contributed by atoms with Crippen LogP contribution in [0.1, 0.15) is 27.2 Å². The van der Waals surface area contributed by atoms with Gasteiger partial charge in [0.05, 0.1) is 0 Å². The predicted molar refractivity (Wildman–Crippen MR) is 81.0 cm³/mol. The van der Waals surface area contributed by atoms with Crippen LogP contribution >= 0.6 is 11.6 Å². The second-order valence-electron chi connectivity index (χ2n) is 5.86. The SMILES string of the molecule is CC(C)(C)CN(CCCO)C(=O)Nc1ccnc(Cl)c1. The molecule has 6 heteroatoms. The first-order chi connectivity index (χ1) is 9.31. The molecule has 0 radical (unpaired) electrons. The highest BCUT2D eigenvalue weighted by atomic mass is 35.5. The zero-order valence-corrected chi connectivity index (χ0v) is 12.9. The fourth-order valence-corrected chi connectivity index (χ4v) is 1.94. The van der Waals surface area contributed by atoms with Gasteiger partial charge in [-0.2, -0.15) is 0 Å². The van der Waals surface area contributed by atoms with Gasteiger partial charge in [-0.15, -0.1) is 0 Å². The number of aromatic nitrogens is 1. The van der Waals surface area contributed by atoms with Gasteiger partial charge in [0.2, 0.25) is 0 Å². The molecule has 1 heterocycles. The number of amides is 2. The van der Waals surface area contributed by atoms with Gasteiger partial charge >= 0.3 is 6.03 Å². The number of pyridine rings is 1. The molecule has 0 aliphatic carbocycles. The number of rotatable bonds is 5. The Hall–Kier alpha value is -1.33. The van der Waals surface area contributed by atoms with Crippen LogP contribution in [-0.2, 0) is 0 Å². The zero-order chi connectivity index (χ0) is 15.2. The van der Waals surface area contributed by atoms with Crippen LogP contribution in [0.2, 0.25) is 5.15 Å². The summed E-state index contributed by atoms with van der Waals surface area (Å²) in [4.78, 5) is 17.8. The van der Waals surface area contributed by atoms with Crippen LogP contribution < -0.4 is 5.32 Å². The largest absolute Gasteiger partial charge is 0.396 e. The summed E-state index contributed by atoms with van der Waals surface area (Å²) in [5, 5.41) is 12.1. The first-order valence-electron chi connectivity index (χ1n) is 6.60. The maximum absolute atomic E-state index is 12.3. The van der Waals surface area contributed by atoms with Gasteiger partial charge in [0.1, 0.15) is 5.15 Å². The minimum atomic E-state index is -0.198. The van der Waals surface area contributed by atoms with Crippen LogP contribution in [0.4, 0.5) is 10.5 Å². The van der Waals surface area contributed by atoms with E-state index < -0.39 is 0 Å². The topological polar surface area (TPSA) is 65.5 Å². The van der Waals surface area contributed by atoms with Crippen molar-refractivity contribution >= 4 is 23.3 Å². The number of carbonyl (C=O) groups is 1. The standard InChI is InChI=1S/C14H22ClN3O2/c1-14(2,3)10-18(7-4-8-19)13(20)17-11-5-6-16-12(15)9-11/h5-6,9,19H,4,7-8,10H2,1-3H3,(H,16,17,20). The van der Waals surface area contributed by atoms with Gasteiger partial charge in [-0.25, -0.2) is 9.78 Å². The molecular weight excluding hydrogens is 278 g/mol. The van der Waals surface area contributed by atoms with Gasteiger partial charge in [-0.3, -0.25) is 0 Å². The maximum atomic E-state index is 12.3. The van der Waals surface area contributed by atoms with Crippen molar-refractivity contribution < 1.29 is 9.90 Å². The Morgan fingerprint density at radius 2 is 2.20 bits per heavy atom. The van der Waals surface area contributed by atoms with Crippen molar-refractivity contribution in [3.05, 3.63) is 23.5 Å². The molecule has 0 aromatic carbocycles. The smallest absolute Gasteiger partial charge is 0.321 e. The molecule has 0 aliphatic heterocycles. The molecule has 20 heavy (non-hydrogen) atoms. The summed E-state index contributed by atoms with van der Waals surface area (Å²) in [7, 11) is 0. The molecule has 0 bridgehead atoms. The molecule has 0 fully saturated rings. The van der Waals surface area contributed by atoms with Gasteiger partial charge in [0.25, 0.3) is 0 Å². The molecule has 0 saturated carbocycles. The van der Waals surface area contributed by atoms with E-state index >= 15 is 0 Å². The van der Waals surface area contributed by atoms with E-state index in [1.807, 2.05) is 0 Å². The van der Waals surface area contributed by atoms with Crippen molar-refractivity contribution in [2.24, 2.45) is 5.41 Å². The van der Waals surface area contributed by atoms with Crippen molar-refractivity contribution in [3.63, 3.8) is 0 Å². The molecular formula is C14H22ClN3O2. The fraction of sp³-hybridized carbons (Fsp3) is 0.571. The van der Waals surface area contributed by atoms with Crippen LogP contribution in [-0.4, -0.2) is 40.7 Å². The van der Waals surface area contributed by atoms with E-state index in [9.17, 15) is 4.79 Å². The van der Waals surface area contributed by atoms with Crippen molar-refractivity contribution in [2.75, 3.05) is 25.0 Å². The molecule has 0 atom stereocenters. The average Bonchev–Trinajstić information content (AvgIpc) is 2.33. The minimum absolute atomic E-state index is 0.0112. The number of nitrogens with one attached hydrogen (secondary N) is 1. The lowest BCUT2D eigenvalue weighted by Gasteiger charge is -2.30. The van der Waals surface area contributed by atoms with Gasteiger partial charge < -0.3 is 15.3 Å². The van der Waals surface area contributed by atoms with Gasteiger partial charge in [0, 0.05) is 31.6 Å². The normalized spacial score (nSPS) is 11.2. The number of urea groups is 1. The lowest BCUT2D eigenvalue weighted by Crippen LogP contribution is -2.41. The number of nitrogens with zero attached hydrogens (tertiary/aromatic N) is 2. The van der Waals surface area contributed by atoms with Gasteiger partial charge in [0.15, 0.2) is 0 Å². The Morgan fingerprint density at radius 1 is 1.50 bits per heavy atom. The molecule has 1 aromatic heterocycles. The highest BCUT2D eigenvalue weighted by Crippen LogP contribution is 2.17. The zero-order valence-electron chi connectivity index (χ0n) is 12.2. The number of hydrogen-bond acceptors (Lipinski definition) is 3. The van der Waals surface area contributed by atoms with Crippen LogP contribution in [0.5, 0.6) is 0 Å². The lowest BCUT2D eigenvalue weighted by atomic mass is 9.96. The summed E-state index contributed by atoms with van der Waals surface area (Å²) in [5.41, 5.74) is 0.598. The summed E-state index contributed by atoms with van der Waals surface area (Å²) in [5.74, 6) is 0. The quantitative estimate of drug-likeness (QED) is 0.821. The minimum Gasteiger partial charge on any atom is -0.396 e. The van der Waals surface area contributed by atoms with E-state index in [-0.39, 0.29) is 18.1 Å². The molecule has 2 N–H and O–H groups in total. The van der Waals surface area contributed by atoms with E-state index in [4.69, 9.17) is 16.7 Å². The van der Waals surface area contributed by atoms with E-state index in [1.165, 1.54) is 0 Å². The Labute approximate surface area is 125 Å². The van der Waals surface area contributed by atoms with Crippen molar-refractivity contribution in [1.29, 1.82) is 0 Å². The summed E-state index contributed by atoms with van der Waals surface area (Å²) in [6, 6.07) is 3.09. The Balaban J connectivity index is 2.71. The van der Waals surface area contributed by atoms with Gasteiger partial charge in [-0.1, -0.05) is 32.4 Å². The summed E-state index contributed by atoms with van der Waals surface area (Å²) >= 11 is 5.79. The van der Waals surface area contributed by atoms with Crippen LogP contribution in [0, 0.1) is 5.41 Å². The van der Waals surface area contributed by atoms with Crippen molar-refractivity contribution in [2.45, 2.75) is 27.2 Å². The predicted octanol–water partition coefficient (Wildman–Crippen LogP) is 3.00. The molecule has 112 valence electrons. The third kappa shape index (κ3) is 6.21. The van der Waals surface area contributed by atoms with Crippen molar-refractivity contribution in [1.82, 2.24) is 9.88 Å². The molecule has 0 saturated heterocycles. The Kier molecular flexibility index (Phi) is 6.23. The Morgan fingerprint density at radius 3 is 2.75 bits per heavy atom. The number of halogens is 1. The summed E-state index contributed by atoms with van der Waals surface area (Å²) in [6.45, 7) is 7.38. The van der Waals surface area contributed by atoms with Crippen molar-refractivity contribution in [3.8, 4) is 0 Å². The summed E-state index contributed by atoms with van der Waals surface area (Å²) < 4.78 is 0. The number of anilines is 1. The first kappa shape index (κ1) is 16.7. The van der Waals surface area contributed by atoms with Crippen LogP contribution in [0.25, 0.3) is 0 Å². The van der Waals surface area contributed by atoms with Crippen LogP contribution in [0.15, 0.2) is 18.3 Å². The molecule has 0 spiro atoms. The fourth-order valence-electron chi connectivity index (χ4n) is 1.77. The third-order valence-corrected chi connectivity index (χ3v) is 2.72. The molecule has 5 nitrogen and oxygen atoms in total. The number of carbonyl (C=O) groups excluding carboxylic acids is 1. The molecule has 1 rings (SSSR count). The lowest BCUT2D eigenvalue weighted by molar-refractivity contribution is 0.176. The average molecular weight is 300 g/mol. The number of aliphatic hydroxyl groups is 1. The van der Waals surface area contributed by atoms with Gasteiger partial charge in [-0.05, 0) is 24.0 Å². The maximum Gasteiger partial charge on any atom is 0.321 e. The van der Waals surface area contributed by atoms with E-state index in [0.29, 0.717) is 30.4 Å². The second kappa shape index (κ2) is 7.45. The molecule has 2 amide bonds. The number of hydrogen-bond donors (Lipinski definition) is 2. The van der Waals surface area contributed by atoms with E-state index in [2.05, 4.69) is 31.1 Å². The Bertz CT molecular complexity index is 446. The number of aliphatic hydroxyl groups excluding tert-OH is 1. The van der Waals surface area contributed by atoms with E-state index in [0.717, 1.165) is 0 Å². The highest BCUT2D eigenvalue weighted by molar-refractivity contribution is 6.29. The summed E-state index contributed by atoms with van der Waals surface area (Å²) in [6.07, 6.45) is 2.10. The van der Waals surface area contributed by atoms with Crippen LogP contribution in [0.3, 0.4) is 0 Å². The monoisotopic (exact) mass is 299 g/mol. The third-order valence-electron chi connectivity index (χ3n) is 2.52. The molecule has 0 unspecified atom stereocenters. The highest BCUT2D eigenvalue weighted by Gasteiger charge is 2.20. The first-order valence-corrected chi connectivity index (χ1v) is 6.98. The second-order valence-corrected chi connectivity index (χ2v) is 6.24. The molecule has 1 aromatic rings. The van der Waals surface area contributed by atoms with E-state index in [1.54, 1.807) is 23.2 Å².